The minimum atomic E-state index is -0.689. The largest absolute Gasteiger partial charge is 0.872 e. The first-order chi connectivity index (χ1) is 15.5. The molecule has 2 saturated heterocycles. The highest BCUT2D eigenvalue weighted by Crippen LogP contribution is 2.40. The molecule has 2 aliphatic rings. The number of amides is 1. The molecule has 1 atom stereocenters. The number of rotatable bonds is 7. The molecular formula is C24H29N3O4S. The van der Waals surface area contributed by atoms with Crippen LogP contribution in [-0.4, -0.2) is 62.0 Å². The molecule has 0 spiro atoms. The summed E-state index contributed by atoms with van der Waals surface area (Å²) in [6.45, 7) is 8.93. The van der Waals surface area contributed by atoms with E-state index in [9.17, 15) is 14.7 Å². The molecule has 1 unspecified atom stereocenters. The standard InChI is InChI=1S/C24H29N3O4S/c1-16(2)31-18-7-5-17(6-8-18)22(28)20-21(19-4-3-15-32-19)27(24(30)23(20)29)14-13-26-11-9-25-10-12-26/h3-8,15-16,21,25,28H,9-14H2,1-2H3. The van der Waals surface area contributed by atoms with E-state index in [4.69, 9.17) is 4.74 Å². The summed E-state index contributed by atoms with van der Waals surface area (Å²) in [5.74, 6) is -1.01. The molecule has 3 heterocycles. The van der Waals surface area contributed by atoms with Crippen LogP contribution >= 0.6 is 11.3 Å². The molecule has 1 amide bonds. The third-order valence-corrected chi connectivity index (χ3v) is 6.77. The van der Waals surface area contributed by atoms with Gasteiger partial charge in [-0.3, -0.25) is 9.59 Å². The average molecular weight is 456 g/mol. The predicted octanol–water partition coefficient (Wildman–Crippen LogP) is 0.247. The number of benzene rings is 1. The van der Waals surface area contributed by atoms with E-state index in [0.29, 0.717) is 17.9 Å². The second kappa shape index (κ2) is 9.85. The second-order valence-corrected chi connectivity index (χ2v) is 9.41. The summed E-state index contributed by atoms with van der Waals surface area (Å²) in [6.07, 6.45) is 0.0227. The molecule has 2 aromatic rings. The van der Waals surface area contributed by atoms with E-state index in [1.54, 1.807) is 29.2 Å². The van der Waals surface area contributed by atoms with Crippen molar-refractivity contribution in [2.75, 3.05) is 39.3 Å². The summed E-state index contributed by atoms with van der Waals surface area (Å²) in [5, 5.41) is 18.6. The molecule has 0 saturated carbocycles. The number of quaternary nitrogens is 1. The molecule has 2 fully saturated rings. The van der Waals surface area contributed by atoms with E-state index >= 15 is 0 Å². The Morgan fingerprint density at radius 1 is 1.22 bits per heavy atom. The van der Waals surface area contributed by atoms with Crippen molar-refractivity contribution in [1.82, 2.24) is 10.2 Å². The molecule has 8 heteroatoms. The van der Waals surface area contributed by atoms with Crippen molar-refractivity contribution in [2.24, 2.45) is 0 Å². The van der Waals surface area contributed by atoms with Gasteiger partial charge in [-0.25, -0.2) is 0 Å². The van der Waals surface area contributed by atoms with Gasteiger partial charge in [0.25, 0.3) is 5.91 Å². The lowest BCUT2D eigenvalue weighted by molar-refractivity contribution is -0.901. The predicted molar refractivity (Wildman–Crippen MR) is 121 cm³/mol. The molecule has 32 heavy (non-hydrogen) atoms. The van der Waals surface area contributed by atoms with Gasteiger partial charge in [0.1, 0.15) is 5.75 Å². The number of Topliss-reactive ketones (excluding diaryl/α,β-unsaturated/α-hetero) is 1. The molecular weight excluding hydrogens is 426 g/mol. The van der Waals surface area contributed by atoms with Crippen LogP contribution in [0.4, 0.5) is 0 Å². The van der Waals surface area contributed by atoms with Gasteiger partial charge in [0.05, 0.1) is 38.3 Å². The number of carbonyl (C=O) groups is 2. The third-order valence-electron chi connectivity index (χ3n) is 5.85. The van der Waals surface area contributed by atoms with Gasteiger partial charge in [0.2, 0.25) is 5.78 Å². The van der Waals surface area contributed by atoms with Crippen LogP contribution < -0.4 is 20.1 Å². The number of thiophene rings is 1. The van der Waals surface area contributed by atoms with Gasteiger partial charge >= 0.3 is 0 Å². The summed E-state index contributed by atoms with van der Waals surface area (Å²) >= 11 is 1.46. The van der Waals surface area contributed by atoms with E-state index in [-0.39, 0.29) is 11.7 Å². The fourth-order valence-corrected chi connectivity index (χ4v) is 5.11. The number of hydrogen-bond donors (Lipinski definition) is 2. The highest BCUT2D eigenvalue weighted by Gasteiger charge is 2.44. The summed E-state index contributed by atoms with van der Waals surface area (Å²) in [6, 6.07) is 9.90. The van der Waals surface area contributed by atoms with Crippen molar-refractivity contribution in [1.29, 1.82) is 0 Å². The molecule has 0 bridgehead atoms. The van der Waals surface area contributed by atoms with Crippen LogP contribution in [-0.2, 0) is 9.59 Å². The van der Waals surface area contributed by atoms with Crippen LogP contribution in [0.25, 0.3) is 5.76 Å². The average Bonchev–Trinajstić information content (AvgIpc) is 3.40. The monoisotopic (exact) mass is 455 g/mol. The van der Waals surface area contributed by atoms with Gasteiger partial charge in [-0.1, -0.05) is 24.0 Å². The van der Waals surface area contributed by atoms with E-state index in [1.165, 1.54) is 16.2 Å². The van der Waals surface area contributed by atoms with Crippen molar-refractivity contribution >= 4 is 28.8 Å². The number of ether oxygens (including phenoxy) is 1. The van der Waals surface area contributed by atoms with Crippen LogP contribution in [0.3, 0.4) is 0 Å². The van der Waals surface area contributed by atoms with Crippen molar-refractivity contribution in [3.63, 3.8) is 0 Å². The Morgan fingerprint density at radius 2 is 1.94 bits per heavy atom. The quantitative estimate of drug-likeness (QED) is 0.355. The molecule has 1 aromatic carbocycles. The molecule has 1 aromatic heterocycles. The van der Waals surface area contributed by atoms with Gasteiger partial charge in [-0.2, -0.15) is 0 Å². The lowest BCUT2D eigenvalue weighted by Crippen LogP contribution is -3.15. The molecule has 0 aliphatic carbocycles. The fraction of sp³-hybridized carbons (Fsp3) is 0.417. The van der Waals surface area contributed by atoms with E-state index in [1.807, 2.05) is 31.4 Å². The van der Waals surface area contributed by atoms with E-state index < -0.39 is 23.5 Å². The fourth-order valence-electron chi connectivity index (χ4n) is 4.26. The van der Waals surface area contributed by atoms with Gasteiger partial charge < -0.3 is 25.0 Å². The van der Waals surface area contributed by atoms with Crippen LogP contribution in [0.5, 0.6) is 5.75 Å². The maximum absolute atomic E-state index is 13.4. The Balaban J connectivity index is 1.64. The molecule has 0 radical (unpaired) electrons. The lowest BCUT2D eigenvalue weighted by atomic mass is 10.00. The minimum Gasteiger partial charge on any atom is -0.872 e. The highest BCUT2D eigenvalue weighted by atomic mass is 32.1. The van der Waals surface area contributed by atoms with Crippen molar-refractivity contribution < 1.29 is 24.3 Å². The summed E-state index contributed by atoms with van der Waals surface area (Å²) in [7, 11) is 0. The smallest absolute Gasteiger partial charge is 0.295 e. The lowest BCUT2D eigenvalue weighted by Gasteiger charge is -2.29. The zero-order valence-electron chi connectivity index (χ0n) is 18.4. The Morgan fingerprint density at radius 3 is 2.56 bits per heavy atom. The normalized spacial score (nSPS) is 21.5. The Bertz CT molecular complexity index is 979. The first kappa shape index (κ1) is 22.5. The third kappa shape index (κ3) is 4.72. The first-order valence-corrected chi connectivity index (χ1v) is 11.9. The number of carbonyl (C=O) groups excluding carboxylic acids is 2. The number of nitrogens with zero attached hydrogens (tertiary/aromatic N) is 1. The molecule has 2 aliphatic heterocycles. The second-order valence-electron chi connectivity index (χ2n) is 8.43. The maximum atomic E-state index is 13.4. The Hall–Kier alpha value is -2.68. The number of ketones is 1. The Labute approximate surface area is 192 Å². The summed E-state index contributed by atoms with van der Waals surface area (Å²) in [5.41, 5.74) is 0.429. The van der Waals surface area contributed by atoms with Gasteiger partial charge in [-0.15, -0.1) is 11.3 Å². The molecule has 7 nitrogen and oxygen atoms in total. The SMILES string of the molecule is CC(C)Oc1ccc(C([O-])=C2C(=O)C(=O)N(CC[NH+]3CCNCC3)C2c2cccs2)cc1. The number of likely N-dealkylation sites (tertiary alicyclic amines) is 1. The van der Waals surface area contributed by atoms with Gasteiger partial charge in [0.15, 0.2) is 0 Å². The Kier molecular flexibility index (Phi) is 6.93. The number of hydrogen-bond acceptors (Lipinski definition) is 6. The van der Waals surface area contributed by atoms with Crippen molar-refractivity contribution in [3.05, 3.63) is 57.8 Å². The maximum Gasteiger partial charge on any atom is 0.295 e. The summed E-state index contributed by atoms with van der Waals surface area (Å²) in [4.78, 5) is 29.8. The van der Waals surface area contributed by atoms with Gasteiger partial charge in [0, 0.05) is 23.5 Å². The van der Waals surface area contributed by atoms with Crippen molar-refractivity contribution in [3.8, 4) is 5.75 Å². The van der Waals surface area contributed by atoms with Crippen molar-refractivity contribution in [2.45, 2.75) is 26.0 Å². The van der Waals surface area contributed by atoms with Crippen LogP contribution in [0.2, 0.25) is 0 Å². The van der Waals surface area contributed by atoms with Gasteiger partial charge in [-0.05, 0) is 43.0 Å². The number of piperazine rings is 1. The van der Waals surface area contributed by atoms with E-state index in [2.05, 4.69) is 5.32 Å². The topological polar surface area (TPSA) is 86.1 Å². The highest BCUT2D eigenvalue weighted by molar-refractivity contribution is 7.10. The van der Waals surface area contributed by atoms with E-state index in [0.717, 1.165) is 37.6 Å². The molecule has 170 valence electrons. The summed E-state index contributed by atoms with van der Waals surface area (Å²) < 4.78 is 5.65. The molecule has 2 N–H and O–H groups in total. The van der Waals surface area contributed by atoms with Crippen LogP contribution in [0, 0.1) is 0 Å². The zero-order valence-corrected chi connectivity index (χ0v) is 19.2. The molecule has 4 rings (SSSR count). The van der Waals surface area contributed by atoms with Crippen LogP contribution in [0.15, 0.2) is 47.4 Å². The number of nitrogens with one attached hydrogen (secondary N) is 2. The minimum absolute atomic E-state index is 0.0227. The first-order valence-electron chi connectivity index (χ1n) is 11.1. The van der Waals surface area contributed by atoms with Crippen LogP contribution in [0.1, 0.15) is 30.3 Å². The zero-order chi connectivity index (χ0) is 22.7.